The molecule has 1 aliphatic heterocycles. The highest BCUT2D eigenvalue weighted by atomic mass is 35.5. The highest BCUT2D eigenvalue weighted by molar-refractivity contribution is 7.89. The highest BCUT2D eigenvalue weighted by Gasteiger charge is 2.24. The van der Waals surface area contributed by atoms with Crippen LogP contribution < -0.4 is 15.5 Å². The zero-order chi connectivity index (χ0) is 18.6. The van der Waals surface area contributed by atoms with Crippen molar-refractivity contribution in [2.24, 2.45) is 0 Å². The van der Waals surface area contributed by atoms with Crippen molar-refractivity contribution in [3.8, 4) is 0 Å². The van der Waals surface area contributed by atoms with Crippen LogP contribution in [0.4, 0.5) is 5.69 Å². The summed E-state index contributed by atoms with van der Waals surface area (Å²) in [5.41, 5.74) is 1.21. The molecule has 1 amide bonds. The summed E-state index contributed by atoms with van der Waals surface area (Å²) in [5.74, 6) is -0.250. The van der Waals surface area contributed by atoms with Crippen LogP contribution in [0, 0.1) is 0 Å². The highest BCUT2D eigenvalue weighted by Crippen LogP contribution is 2.28. The molecule has 0 bridgehead atoms. The van der Waals surface area contributed by atoms with E-state index in [1.807, 2.05) is 14.0 Å². The normalized spacial score (nSPS) is 15.7. The number of hydrogen-bond acceptors (Lipinski definition) is 5. The summed E-state index contributed by atoms with van der Waals surface area (Å²) in [7, 11) is 1.21. The van der Waals surface area contributed by atoms with Gasteiger partial charge < -0.3 is 15.5 Å². The van der Waals surface area contributed by atoms with Crippen LogP contribution in [0.3, 0.4) is 0 Å². The van der Waals surface area contributed by atoms with Gasteiger partial charge >= 0.3 is 0 Å². The Morgan fingerprint density at radius 2 is 1.88 bits per heavy atom. The van der Waals surface area contributed by atoms with Gasteiger partial charge in [0.25, 0.3) is 5.91 Å². The topological polar surface area (TPSA) is 81.7 Å². The van der Waals surface area contributed by atoms with Gasteiger partial charge in [-0.15, -0.1) is 12.4 Å². The largest absolute Gasteiger partial charge is 0.371 e. The van der Waals surface area contributed by atoms with Crippen molar-refractivity contribution >= 4 is 34.0 Å². The second kappa shape index (κ2) is 9.55. The quantitative estimate of drug-likeness (QED) is 0.715. The lowest BCUT2D eigenvalue weighted by Gasteiger charge is -2.23. The van der Waals surface area contributed by atoms with Crippen LogP contribution in [0.2, 0.25) is 0 Å². The zero-order valence-corrected chi connectivity index (χ0v) is 17.4. The van der Waals surface area contributed by atoms with Crippen LogP contribution >= 0.6 is 12.4 Å². The molecule has 0 saturated carbocycles. The van der Waals surface area contributed by atoms with E-state index in [9.17, 15) is 13.2 Å². The number of amides is 1. The van der Waals surface area contributed by atoms with Crippen LogP contribution in [-0.2, 0) is 10.0 Å². The van der Waals surface area contributed by atoms with E-state index in [1.54, 1.807) is 12.1 Å². The minimum atomic E-state index is -3.59. The smallest absolute Gasteiger partial charge is 0.253 e. The van der Waals surface area contributed by atoms with Crippen LogP contribution in [0.25, 0.3) is 0 Å². The number of halogens is 1. The third-order valence-corrected chi connectivity index (χ3v) is 6.31. The number of nitrogens with zero attached hydrogens (tertiary/aromatic N) is 2. The van der Waals surface area contributed by atoms with Gasteiger partial charge in [-0.3, -0.25) is 4.79 Å². The lowest BCUT2D eigenvalue weighted by atomic mass is 10.1. The molecule has 9 heteroatoms. The van der Waals surface area contributed by atoms with E-state index < -0.39 is 10.0 Å². The van der Waals surface area contributed by atoms with Gasteiger partial charge in [-0.25, -0.2) is 12.7 Å². The molecular weight excluding hydrogens is 376 g/mol. The Labute approximate surface area is 162 Å². The molecule has 1 atom stereocenters. The summed E-state index contributed by atoms with van der Waals surface area (Å²) in [6.45, 7) is 4.20. The van der Waals surface area contributed by atoms with Gasteiger partial charge in [0, 0.05) is 45.5 Å². The maximum Gasteiger partial charge on any atom is 0.253 e. The third kappa shape index (κ3) is 5.09. The van der Waals surface area contributed by atoms with Gasteiger partial charge in [-0.2, -0.15) is 0 Å². The summed E-state index contributed by atoms with van der Waals surface area (Å²) in [5, 5.41) is 5.95. The first-order valence-electron chi connectivity index (χ1n) is 8.54. The third-order valence-electron chi connectivity index (χ3n) is 4.50. The molecule has 1 saturated heterocycles. The molecule has 0 spiro atoms. The number of carbonyl (C=O) groups excluding carboxylic acids is 1. The molecule has 2 rings (SSSR count). The van der Waals surface area contributed by atoms with Crippen molar-refractivity contribution < 1.29 is 13.2 Å². The first-order chi connectivity index (χ1) is 11.8. The Kier molecular flexibility index (Phi) is 8.33. The fourth-order valence-corrected chi connectivity index (χ4v) is 3.67. The van der Waals surface area contributed by atoms with E-state index in [1.165, 1.54) is 20.2 Å². The first-order valence-corrected chi connectivity index (χ1v) is 9.98. The van der Waals surface area contributed by atoms with Crippen LogP contribution in [-0.4, -0.2) is 65.4 Å². The van der Waals surface area contributed by atoms with Crippen LogP contribution in [0.5, 0.6) is 0 Å². The van der Waals surface area contributed by atoms with Crippen molar-refractivity contribution in [2.45, 2.75) is 30.7 Å². The molecule has 1 heterocycles. The van der Waals surface area contributed by atoms with Gasteiger partial charge in [0.05, 0.1) is 10.5 Å². The fourth-order valence-electron chi connectivity index (χ4n) is 2.75. The maximum absolute atomic E-state index is 12.7. The van der Waals surface area contributed by atoms with E-state index >= 15 is 0 Å². The number of sulfonamides is 1. The Morgan fingerprint density at radius 1 is 1.27 bits per heavy atom. The van der Waals surface area contributed by atoms with Crippen molar-refractivity contribution in [3.63, 3.8) is 0 Å². The summed E-state index contributed by atoms with van der Waals surface area (Å²) in [6.07, 6.45) is 2.16. The van der Waals surface area contributed by atoms with Crippen molar-refractivity contribution in [1.82, 2.24) is 14.9 Å². The number of rotatable bonds is 7. The molecule has 1 aromatic rings. The summed E-state index contributed by atoms with van der Waals surface area (Å²) >= 11 is 0. The number of anilines is 1. The standard InChI is InChI=1S/C17H28N4O3S.ClH/c1-13(18-2)12-19-17(22)15-11-14(25(23,24)20(3)4)7-8-16(15)21-9-5-6-10-21;/h7-8,11,13,18H,5-6,9-10,12H2,1-4H3,(H,19,22);1H. The molecule has 1 aromatic carbocycles. The zero-order valence-electron chi connectivity index (χ0n) is 15.8. The maximum atomic E-state index is 12.7. The molecule has 0 aromatic heterocycles. The minimum Gasteiger partial charge on any atom is -0.371 e. The van der Waals surface area contributed by atoms with Gasteiger partial charge in [0.2, 0.25) is 10.0 Å². The SMILES string of the molecule is CNC(C)CNC(=O)c1cc(S(=O)(=O)N(C)C)ccc1N1CCCC1.Cl. The number of benzene rings is 1. The van der Waals surface area contributed by atoms with Gasteiger partial charge in [0.15, 0.2) is 0 Å². The first kappa shape index (κ1) is 22.7. The van der Waals surface area contributed by atoms with Gasteiger partial charge in [-0.1, -0.05) is 0 Å². The van der Waals surface area contributed by atoms with E-state index in [0.717, 1.165) is 35.9 Å². The molecule has 1 aliphatic rings. The van der Waals surface area contributed by atoms with Gasteiger partial charge in [0.1, 0.15) is 0 Å². The lowest BCUT2D eigenvalue weighted by molar-refractivity contribution is 0.0951. The average Bonchev–Trinajstić information content (AvgIpc) is 3.12. The molecule has 2 N–H and O–H groups in total. The predicted molar refractivity (Wildman–Crippen MR) is 107 cm³/mol. The van der Waals surface area contributed by atoms with Crippen molar-refractivity contribution in [3.05, 3.63) is 23.8 Å². The second-order valence-corrected chi connectivity index (χ2v) is 8.71. The van der Waals surface area contributed by atoms with Crippen molar-refractivity contribution in [2.75, 3.05) is 45.7 Å². The Morgan fingerprint density at radius 3 is 2.42 bits per heavy atom. The summed E-state index contributed by atoms with van der Waals surface area (Å²) < 4.78 is 26.0. The molecule has 1 unspecified atom stereocenters. The molecule has 148 valence electrons. The van der Waals surface area contributed by atoms with E-state index in [2.05, 4.69) is 15.5 Å². The minimum absolute atomic E-state index is 0. The second-order valence-electron chi connectivity index (χ2n) is 6.56. The Bertz CT molecular complexity index is 719. The predicted octanol–water partition coefficient (Wildman–Crippen LogP) is 1.30. The van der Waals surface area contributed by atoms with E-state index in [4.69, 9.17) is 0 Å². The molecule has 0 aliphatic carbocycles. The summed E-state index contributed by atoms with van der Waals surface area (Å²) in [6, 6.07) is 4.95. The molecular formula is C17H29ClN4O3S. The van der Waals surface area contributed by atoms with E-state index in [0.29, 0.717) is 12.1 Å². The molecule has 0 radical (unpaired) electrons. The molecule has 7 nitrogen and oxygen atoms in total. The monoisotopic (exact) mass is 404 g/mol. The lowest BCUT2D eigenvalue weighted by Crippen LogP contribution is -2.38. The number of hydrogen-bond donors (Lipinski definition) is 2. The average molecular weight is 405 g/mol. The Balaban J connectivity index is 0.00000338. The van der Waals surface area contributed by atoms with Gasteiger partial charge in [-0.05, 0) is 45.0 Å². The number of likely N-dealkylation sites (N-methyl/N-ethyl adjacent to an activating group) is 1. The van der Waals surface area contributed by atoms with E-state index in [-0.39, 0.29) is 29.3 Å². The summed E-state index contributed by atoms with van der Waals surface area (Å²) in [4.78, 5) is 15.0. The number of nitrogens with one attached hydrogen (secondary N) is 2. The molecule has 1 fully saturated rings. The number of carbonyl (C=O) groups is 1. The van der Waals surface area contributed by atoms with Crippen LogP contribution in [0.1, 0.15) is 30.1 Å². The van der Waals surface area contributed by atoms with Crippen molar-refractivity contribution in [1.29, 1.82) is 0 Å². The molecule has 26 heavy (non-hydrogen) atoms. The fraction of sp³-hybridized carbons (Fsp3) is 0.588. The van der Waals surface area contributed by atoms with Crippen LogP contribution in [0.15, 0.2) is 23.1 Å². The Hall–Kier alpha value is -1.35.